The smallest absolute Gasteiger partial charge is 0.259 e. The summed E-state index contributed by atoms with van der Waals surface area (Å²) in [4.78, 5) is 12.3. The average Bonchev–Trinajstić information content (AvgIpc) is 2.87. The minimum absolute atomic E-state index is 0.278. The number of carbonyl (C=O) groups is 1. The van der Waals surface area contributed by atoms with Crippen LogP contribution >= 0.6 is 11.6 Å². The molecule has 3 N–H and O–H groups in total. The number of fused-ring (bicyclic) bond motifs is 1. The van der Waals surface area contributed by atoms with Crippen molar-refractivity contribution >= 4 is 34.4 Å². The first kappa shape index (κ1) is 12.5. The number of anilines is 2. The summed E-state index contributed by atoms with van der Waals surface area (Å²) in [7, 11) is 0. The van der Waals surface area contributed by atoms with Crippen LogP contribution in [0.15, 0.2) is 48.8 Å². The van der Waals surface area contributed by atoms with E-state index in [1.165, 1.54) is 6.20 Å². The highest BCUT2D eigenvalue weighted by molar-refractivity contribution is 6.31. The molecule has 0 spiro atoms. The van der Waals surface area contributed by atoms with Gasteiger partial charge in [0.15, 0.2) is 0 Å². The minimum Gasteiger partial charge on any atom is -0.397 e. The fraction of sp³-hybridized carbons (Fsp3) is 0. The first-order valence-corrected chi connectivity index (χ1v) is 6.32. The van der Waals surface area contributed by atoms with Crippen LogP contribution < -0.4 is 11.1 Å². The average molecular weight is 287 g/mol. The van der Waals surface area contributed by atoms with E-state index in [1.807, 2.05) is 18.2 Å². The Hall–Kier alpha value is -2.53. The van der Waals surface area contributed by atoms with Gasteiger partial charge in [0.05, 0.1) is 28.7 Å². The molecular weight excluding hydrogens is 276 g/mol. The van der Waals surface area contributed by atoms with E-state index < -0.39 is 0 Å². The molecule has 0 unspecified atom stereocenters. The molecule has 0 aliphatic carbocycles. The van der Waals surface area contributed by atoms with Crippen LogP contribution in [0.25, 0.3) is 5.52 Å². The van der Waals surface area contributed by atoms with Gasteiger partial charge in [0.25, 0.3) is 5.91 Å². The van der Waals surface area contributed by atoms with Crippen molar-refractivity contribution in [3.63, 3.8) is 0 Å². The molecule has 20 heavy (non-hydrogen) atoms. The number of amides is 1. The van der Waals surface area contributed by atoms with Crippen molar-refractivity contribution in [3.8, 4) is 0 Å². The van der Waals surface area contributed by atoms with Crippen LogP contribution in [0.4, 0.5) is 11.4 Å². The van der Waals surface area contributed by atoms with Crippen LogP contribution in [-0.2, 0) is 0 Å². The zero-order chi connectivity index (χ0) is 14.1. The molecule has 3 aromatic rings. The van der Waals surface area contributed by atoms with E-state index >= 15 is 0 Å². The molecule has 0 fully saturated rings. The maximum atomic E-state index is 12.3. The summed E-state index contributed by atoms with van der Waals surface area (Å²) >= 11 is 5.90. The number of pyridine rings is 1. The number of aromatic nitrogens is 2. The summed E-state index contributed by atoms with van der Waals surface area (Å²) in [5, 5.41) is 7.37. The Balaban J connectivity index is 1.95. The number of hydrogen-bond acceptors (Lipinski definition) is 3. The zero-order valence-electron chi connectivity index (χ0n) is 10.4. The molecule has 0 bridgehead atoms. The number of halogens is 1. The molecule has 0 aliphatic rings. The second-order valence-electron chi connectivity index (χ2n) is 4.27. The van der Waals surface area contributed by atoms with Crippen molar-refractivity contribution in [2.45, 2.75) is 0 Å². The molecule has 1 aromatic carbocycles. The van der Waals surface area contributed by atoms with Crippen molar-refractivity contribution in [2.75, 3.05) is 11.1 Å². The van der Waals surface area contributed by atoms with Gasteiger partial charge in [-0.05, 0) is 30.3 Å². The quantitative estimate of drug-likeness (QED) is 0.712. The van der Waals surface area contributed by atoms with Gasteiger partial charge in [-0.1, -0.05) is 17.7 Å². The van der Waals surface area contributed by atoms with Crippen molar-refractivity contribution in [3.05, 3.63) is 59.4 Å². The van der Waals surface area contributed by atoms with Gasteiger partial charge >= 0.3 is 0 Å². The summed E-state index contributed by atoms with van der Waals surface area (Å²) in [6.07, 6.45) is 3.30. The number of benzene rings is 1. The van der Waals surface area contributed by atoms with Gasteiger partial charge in [-0.2, -0.15) is 5.10 Å². The van der Waals surface area contributed by atoms with Gasteiger partial charge in [0.2, 0.25) is 0 Å². The van der Waals surface area contributed by atoms with Crippen molar-refractivity contribution in [2.24, 2.45) is 0 Å². The maximum Gasteiger partial charge on any atom is 0.259 e. The van der Waals surface area contributed by atoms with E-state index in [9.17, 15) is 4.79 Å². The predicted molar refractivity (Wildman–Crippen MR) is 79.0 cm³/mol. The van der Waals surface area contributed by atoms with Crippen LogP contribution in [0, 0.1) is 0 Å². The topological polar surface area (TPSA) is 72.4 Å². The Morgan fingerprint density at radius 3 is 3.00 bits per heavy atom. The molecule has 1 amide bonds. The third-order valence-electron chi connectivity index (χ3n) is 2.93. The standard InChI is InChI=1S/C14H11ClN4O/c15-9-4-5-11(16)12(7-9)18-14(20)10-8-17-19-6-2-1-3-13(10)19/h1-8H,16H2,(H,18,20). The number of nitrogens with zero attached hydrogens (tertiary/aromatic N) is 2. The Labute approximate surface area is 120 Å². The first-order valence-electron chi connectivity index (χ1n) is 5.94. The van der Waals surface area contributed by atoms with Gasteiger partial charge < -0.3 is 11.1 Å². The van der Waals surface area contributed by atoms with E-state index in [-0.39, 0.29) is 5.91 Å². The second kappa shape index (κ2) is 4.86. The van der Waals surface area contributed by atoms with Crippen LogP contribution in [-0.4, -0.2) is 15.5 Å². The van der Waals surface area contributed by atoms with Crippen molar-refractivity contribution < 1.29 is 4.79 Å². The number of nitrogens with one attached hydrogen (secondary N) is 1. The summed E-state index contributed by atoms with van der Waals surface area (Å²) < 4.78 is 1.64. The maximum absolute atomic E-state index is 12.3. The summed E-state index contributed by atoms with van der Waals surface area (Å²) in [6.45, 7) is 0. The molecule has 0 saturated heterocycles. The number of carbonyl (C=O) groups excluding carboxylic acids is 1. The molecule has 0 saturated carbocycles. The van der Waals surface area contributed by atoms with Crippen LogP contribution in [0.3, 0.4) is 0 Å². The van der Waals surface area contributed by atoms with Gasteiger partial charge in [-0.3, -0.25) is 4.79 Å². The number of rotatable bonds is 2. The first-order chi connectivity index (χ1) is 9.65. The van der Waals surface area contributed by atoms with Gasteiger partial charge in [0.1, 0.15) is 0 Å². The van der Waals surface area contributed by atoms with E-state index in [0.717, 1.165) is 5.52 Å². The Morgan fingerprint density at radius 1 is 1.30 bits per heavy atom. The highest BCUT2D eigenvalue weighted by Gasteiger charge is 2.13. The molecule has 2 heterocycles. The fourth-order valence-electron chi connectivity index (χ4n) is 1.94. The molecule has 0 atom stereocenters. The van der Waals surface area contributed by atoms with E-state index in [2.05, 4.69) is 10.4 Å². The van der Waals surface area contributed by atoms with Crippen LogP contribution in [0.1, 0.15) is 10.4 Å². The fourth-order valence-corrected chi connectivity index (χ4v) is 2.11. The largest absolute Gasteiger partial charge is 0.397 e. The van der Waals surface area contributed by atoms with E-state index in [4.69, 9.17) is 17.3 Å². The summed E-state index contributed by atoms with van der Waals surface area (Å²) in [5.74, 6) is -0.278. The molecule has 5 nitrogen and oxygen atoms in total. The highest BCUT2D eigenvalue weighted by atomic mass is 35.5. The highest BCUT2D eigenvalue weighted by Crippen LogP contribution is 2.24. The Morgan fingerprint density at radius 2 is 2.15 bits per heavy atom. The number of hydrogen-bond donors (Lipinski definition) is 2. The van der Waals surface area contributed by atoms with Gasteiger partial charge in [0, 0.05) is 11.2 Å². The second-order valence-corrected chi connectivity index (χ2v) is 4.71. The molecule has 0 radical (unpaired) electrons. The Kier molecular flexibility index (Phi) is 3.04. The monoisotopic (exact) mass is 286 g/mol. The molecule has 2 aromatic heterocycles. The molecule has 100 valence electrons. The van der Waals surface area contributed by atoms with Gasteiger partial charge in [-0.25, -0.2) is 4.52 Å². The minimum atomic E-state index is -0.278. The van der Waals surface area contributed by atoms with Crippen molar-refractivity contribution in [1.29, 1.82) is 0 Å². The van der Waals surface area contributed by atoms with Gasteiger partial charge in [-0.15, -0.1) is 0 Å². The van der Waals surface area contributed by atoms with Crippen LogP contribution in [0.2, 0.25) is 5.02 Å². The summed E-state index contributed by atoms with van der Waals surface area (Å²) in [6, 6.07) is 10.4. The normalized spacial score (nSPS) is 10.7. The zero-order valence-corrected chi connectivity index (χ0v) is 11.1. The predicted octanol–water partition coefficient (Wildman–Crippen LogP) is 2.82. The molecule has 3 rings (SSSR count). The molecule has 6 heteroatoms. The third kappa shape index (κ3) is 2.19. The van der Waals surface area contributed by atoms with Crippen molar-refractivity contribution in [1.82, 2.24) is 9.61 Å². The van der Waals surface area contributed by atoms with Crippen LogP contribution in [0.5, 0.6) is 0 Å². The lowest BCUT2D eigenvalue weighted by atomic mass is 10.2. The van der Waals surface area contributed by atoms with E-state index in [1.54, 1.807) is 28.9 Å². The summed E-state index contributed by atoms with van der Waals surface area (Å²) in [5.41, 5.74) is 7.96. The molecule has 0 aliphatic heterocycles. The lowest BCUT2D eigenvalue weighted by Crippen LogP contribution is -2.13. The Bertz CT molecular complexity index is 797. The number of nitrogen functional groups attached to an aromatic ring is 1. The SMILES string of the molecule is Nc1ccc(Cl)cc1NC(=O)c1cnn2ccccc12. The lowest BCUT2D eigenvalue weighted by molar-refractivity contribution is 0.102. The molecular formula is C14H11ClN4O. The van der Waals surface area contributed by atoms with E-state index in [0.29, 0.717) is 22.0 Å². The lowest BCUT2D eigenvalue weighted by Gasteiger charge is -2.07. The number of nitrogens with two attached hydrogens (primary N) is 1. The third-order valence-corrected chi connectivity index (χ3v) is 3.17.